The number of rotatable bonds is 8. The van der Waals surface area contributed by atoms with Crippen LogP contribution in [0.3, 0.4) is 0 Å². The Hall–Kier alpha value is -1.67. The van der Waals surface area contributed by atoms with Crippen molar-refractivity contribution in [2.24, 2.45) is 4.99 Å². The van der Waals surface area contributed by atoms with Crippen molar-refractivity contribution in [3.8, 4) is 11.5 Å². The second-order valence-electron chi connectivity index (χ2n) is 5.61. The van der Waals surface area contributed by atoms with Crippen molar-refractivity contribution in [1.82, 2.24) is 10.6 Å². The molecule has 2 N–H and O–H groups in total. The van der Waals surface area contributed by atoms with Gasteiger partial charge in [0, 0.05) is 25.2 Å². The molecular weight excluding hydrogens is 477 g/mol. The minimum atomic E-state index is 0. The Morgan fingerprint density at radius 2 is 1.89 bits per heavy atom. The molecule has 2 aromatic rings. The average molecular weight is 504 g/mol. The number of hydrogen-bond donors (Lipinski definition) is 2. The number of methoxy groups -OCH3 is 1. The summed E-state index contributed by atoms with van der Waals surface area (Å²) in [4.78, 5) is 4.25. The fraction of sp³-hybridized carbons (Fsp3) is 0.350. The maximum atomic E-state index is 6.18. The summed E-state index contributed by atoms with van der Waals surface area (Å²) in [6, 6.07) is 13.8. The number of nitrogens with zero attached hydrogens (tertiary/aromatic N) is 1. The summed E-state index contributed by atoms with van der Waals surface area (Å²) in [5, 5.41) is 7.40. The molecule has 2 rings (SSSR count). The zero-order valence-electron chi connectivity index (χ0n) is 15.9. The van der Waals surface area contributed by atoms with Crippen molar-refractivity contribution in [1.29, 1.82) is 0 Å². The van der Waals surface area contributed by atoms with Crippen molar-refractivity contribution < 1.29 is 9.47 Å². The number of aliphatic imine (C=N–C) groups is 1. The van der Waals surface area contributed by atoms with E-state index in [-0.39, 0.29) is 24.0 Å². The molecule has 0 heterocycles. The largest absolute Gasteiger partial charge is 0.493 e. The number of nitrogens with one attached hydrogen (secondary N) is 2. The molecule has 0 aliphatic carbocycles. The molecular formula is C20H27ClIN3O2. The zero-order chi connectivity index (χ0) is 18.8. The van der Waals surface area contributed by atoms with Gasteiger partial charge in [0.05, 0.1) is 13.7 Å². The molecule has 0 aliphatic rings. The van der Waals surface area contributed by atoms with Crippen LogP contribution in [0.5, 0.6) is 11.5 Å². The lowest BCUT2D eigenvalue weighted by Crippen LogP contribution is -2.37. The molecule has 0 radical (unpaired) electrons. The maximum Gasteiger partial charge on any atom is 0.191 e. The summed E-state index contributed by atoms with van der Waals surface area (Å²) in [6.07, 6.45) is 0.831. The van der Waals surface area contributed by atoms with E-state index < -0.39 is 0 Å². The summed E-state index contributed by atoms with van der Waals surface area (Å²) in [7, 11) is 3.39. The van der Waals surface area contributed by atoms with E-state index in [0.29, 0.717) is 13.2 Å². The fourth-order valence-corrected chi connectivity index (χ4v) is 2.75. The molecule has 0 aromatic heterocycles. The van der Waals surface area contributed by atoms with E-state index in [1.54, 1.807) is 14.2 Å². The standard InChI is InChI=1S/C20H26ClN3O2.HI/c1-4-26-19-13-15(9-10-18(19)25-3)14-24-20(22-2)23-12-11-16-7-5-6-8-17(16)21;/h5-10,13H,4,11-12,14H2,1-3H3,(H2,22,23,24);1H. The topological polar surface area (TPSA) is 54.9 Å². The molecule has 0 unspecified atom stereocenters. The Morgan fingerprint density at radius 1 is 1.11 bits per heavy atom. The molecule has 0 amide bonds. The summed E-state index contributed by atoms with van der Waals surface area (Å²) in [5.41, 5.74) is 2.21. The van der Waals surface area contributed by atoms with Crippen LogP contribution in [0.25, 0.3) is 0 Å². The molecule has 148 valence electrons. The van der Waals surface area contributed by atoms with Gasteiger partial charge >= 0.3 is 0 Å². The quantitative estimate of drug-likeness (QED) is 0.321. The molecule has 27 heavy (non-hydrogen) atoms. The normalized spacial score (nSPS) is 10.7. The van der Waals surface area contributed by atoms with Crippen LogP contribution >= 0.6 is 35.6 Å². The maximum absolute atomic E-state index is 6.18. The Morgan fingerprint density at radius 3 is 2.56 bits per heavy atom. The van der Waals surface area contributed by atoms with Crippen molar-refractivity contribution >= 4 is 41.5 Å². The minimum Gasteiger partial charge on any atom is -0.493 e. The van der Waals surface area contributed by atoms with Crippen LogP contribution < -0.4 is 20.1 Å². The number of guanidine groups is 1. The van der Waals surface area contributed by atoms with Gasteiger partial charge in [-0.15, -0.1) is 24.0 Å². The lowest BCUT2D eigenvalue weighted by Gasteiger charge is -2.14. The van der Waals surface area contributed by atoms with Gasteiger partial charge in [-0.25, -0.2) is 0 Å². The van der Waals surface area contributed by atoms with Gasteiger partial charge in [-0.3, -0.25) is 4.99 Å². The van der Waals surface area contributed by atoms with Gasteiger partial charge in [0.15, 0.2) is 17.5 Å². The molecule has 2 aromatic carbocycles. The van der Waals surface area contributed by atoms with E-state index in [1.165, 1.54) is 0 Å². The highest BCUT2D eigenvalue weighted by atomic mass is 127. The van der Waals surface area contributed by atoms with Crippen molar-refractivity contribution in [3.05, 3.63) is 58.6 Å². The average Bonchev–Trinajstić information content (AvgIpc) is 2.66. The highest BCUT2D eigenvalue weighted by molar-refractivity contribution is 14.0. The number of benzene rings is 2. The lowest BCUT2D eigenvalue weighted by molar-refractivity contribution is 0.310. The highest BCUT2D eigenvalue weighted by Gasteiger charge is 2.06. The Bertz CT molecular complexity index is 741. The van der Waals surface area contributed by atoms with E-state index in [4.69, 9.17) is 21.1 Å². The van der Waals surface area contributed by atoms with Gasteiger partial charge in [-0.1, -0.05) is 35.9 Å². The van der Waals surface area contributed by atoms with E-state index in [0.717, 1.165) is 46.6 Å². The van der Waals surface area contributed by atoms with Gasteiger partial charge in [-0.05, 0) is 42.7 Å². The van der Waals surface area contributed by atoms with Gasteiger partial charge in [-0.2, -0.15) is 0 Å². The van der Waals surface area contributed by atoms with Crippen LogP contribution in [0.2, 0.25) is 5.02 Å². The Labute approximate surface area is 183 Å². The first-order valence-electron chi connectivity index (χ1n) is 8.65. The monoisotopic (exact) mass is 503 g/mol. The summed E-state index contributed by atoms with van der Waals surface area (Å²) in [5.74, 6) is 2.22. The van der Waals surface area contributed by atoms with Crippen molar-refractivity contribution in [3.63, 3.8) is 0 Å². The first kappa shape index (κ1) is 23.4. The lowest BCUT2D eigenvalue weighted by atomic mass is 10.1. The number of ether oxygens (including phenoxy) is 2. The molecule has 7 heteroatoms. The Balaban J connectivity index is 0.00000364. The minimum absolute atomic E-state index is 0. The van der Waals surface area contributed by atoms with Crippen LogP contribution in [-0.2, 0) is 13.0 Å². The number of halogens is 2. The third-order valence-corrected chi connectivity index (χ3v) is 4.22. The van der Waals surface area contributed by atoms with Gasteiger partial charge in [0.2, 0.25) is 0 Å². The van der Waals surface area contributed by atoms with Crippen LogP contribution in [0, 0.1) is 0 Å². The predicted molar refractivity (Wildman–Crippen MR) is 123 cm³/mol. The van der Waals surface area contributed by atoms with Gasteiger partial charge in [0.25, 0.3) is 0 Å². The second kappa shape index (κ2) is 12.7. The predicted octanol–water partition coefficient (Wildman–Crippen LogP) is 4.27. The molecule has 0 fully saturated rings. The number of hydrogen-bond acceptors (Lipinski definition) is 3. The SMILES string of the molecule is CCOc1cc(CNC(=NC)NCCc2ccccc2Cl)ccc1OC.I. The van der Waals surface area contributed by atoms with E-state index in [9.17, 15) is 0 Å². The molecule has 0 spiro atoms. The van der Waals surface area contributed by atoms with Crippen LogP contribution in [-0.4, -0.2) is 33.3 Å². The van der Waals surface area contributed by atoms with Crippen LogP contribution in [0.15, 0.2) is 47.5 Å². The smallest absolute Gasteiger partial charge is 0.191 e. The van der Waals surface area contributed by atoms with Crippen molar-refractivity contribution in [2.75, 3.05) is 27.3 Å². The Kier molecular flexibility index (Phi) is 11.0. The molecule has 0 aliphatic heterocycles. The first-order valence-corrected chi connectivity index (χ1v) is 9.03. The first-order chi connectivity index (χ1) is 12.7. The molecule has 0 atom stereocenters. The molecule has 0 saturated heterocycles. The van der Waals surface area contributed by atoms with Crippen molar-refractivity contribution in [2.45, 2.75) is 19.9 Å². The highest BCUT2D eigenvalue weighted by Crippen LogP contribution is 2.27. The summed E-state index contributed by atoms with van der Waals surface area (Å²) >= 11 is 6.18. The molecule has 0 saturated carbocycles. The molecule has 5 nitrogen and oxygen atoms in total. The summed E-state index contributed by atoms with van der Waals surface area (Å²) in [6.45, 7) is 3.93. The molecule has 0 bridgehead atoms. The van der Waals surface area contributed by atoms with Gasteiger partial charge < -0.3 is 20.1 Å². The summed E-state index contributed by atoms with van der Waals surface area (Å²) < 4.78 is 10.9. The third-order valence-electron chi connectivity index (χ3n) is 3.86. The van der Waals surface area contributed by atoms with Crippen LogP contribution in [0.4, 0.5) is 0 Å². The zero-order valence-corrected chi connectivity index (χ0v) is 19.0. The third kappa shape index (κ3) is 7.46. The second-order valence-corrected chi connectivity index (χ2v) is 6.02. The van der Waals surface area contributed by atoms with E-state index >= 15 is 0 Å². The fourth-order valence-electron chi connectivity index (χ4n) is 2.52. The van der Waals surface area contributed by atoms with Gasteiger partial charge in [0.1, 0.15) is 0 Å². The van der Waals surface area contributed by atoms with E-state index in [2.05, 4.69) is 15.6 Å². The van der Waals surface area contributed by atoms with Crippen LogP contribution in [0.1, 0.15) is 18.1 Å². The van der Waals surface area contributed by atoms with E-state index in [1.807, 2.05) is 49.4 Å².